The molecule has 10 nitrogen and oxygen atoms in total. The number of anilines is 1. The van der Waals surface area contributed by atoms with Crippen LogP contribution in [-0.2, 0) is 5.41 Å². The van der Waals surface area contributed by atoms with Gasteiger partial charge in [0, 0.05) is 6.20 Å². The topological polar surface area (TPSA) is 106 Å². The Kier molecular flexibility index (Phi) is 8.80. The number of methoxy groups -OCH3 is 1. The maximum absolute atomic E-state index is 13.2. The number of carbonyl (C=O) groups is 1. The fourth-order valence-electron chi connectivity index (χ4n) is 6.04. The summed E-state index contributed by atoms with van der Waals surface area (Å²) >= 11 is 0. The third-order valence-electron chi connectivity index (χ3n) is 8.40. The number of rotatable bonds is 6. The van der Waals surface area contributed by atoms with Crippen molar-refractivity contribution in [1.82, 2.24) is 29.8 Å². The van der Waals surface area contributed by atoms with Gasteiger partial charge in [-0.05, 0) is 79.6 Å². The van der Waals surface area contributed by atoms with Crippen LogP contribution in [0.25, 0.3) is 5.65 Å². The van der Waals surface area contributed by atoms with E-state index in [0.717, 1.165) is 66.1 Å². The van der Waals surface area contributed by atoms with Gasteiger partial charge in [-0.15, -0.1) is 22.6 Å². The largest absolute Gasteiger partial charge is 0.484 e. The van der Waals surface area contributed by atoms with Crippen molar-refractivity contribution in [3.05, 3.63) is 77.4 Å². The first-order valence-electron chi connectivity index (χ1n) is 14.6. The average Bonchev–Trinajstić information content (AvgIpc) is 3.59. The van der Waals surface area contributed by atoms with Crippen molar-refractivity contribution < 1.29 is 14.3 Å². The quantitative estimate of drug-likeness (QED) is 0.262. The molecular weight excluding hydrogens is 566 g/mol. The molecule has 2 aliphatic rings. The minimum absolute atomic E-state index is 0. The Morgan fingerprint density at radius 3 is 2.56 bits per heavy atom. The number of aromatic nitrogens is 4. The highest BCUT2D eigenvalue weighted by Crippen LogP contribution is 2.39. The number of carbonyl (C=O) groups excluding carboxylic acids is 1. The summed E-state index contributed by atoms with van der Waals surface area (Å²) in [6.07, 6.45) is 7.38. The Morgan fingerprint density at radius 2 is 1.84 bits per heavy atom. The number of amides is 2. The van der Waals surface area contributed by atoms with E-state index < -0.39 is 0 Å². The Hall–Kier alpha value is -3.89. The lowest BCUT2D eigenvalue weighted by Crippen LogP contribution is -2.35. The third kappa shape index (κ3) is 6.26. The molecule has 1 aliphatic carbocycles. The monoisotopic (exact) mass is 605 g/mol. The number of nitrogens with zero attached hydrogens (tertiary/aromatic N) is 5. The molecule has 1 aliphatic heterocycles. The number of fused-ring (bicyclic) bond motifs is 2. The summed E-state index contributed by atoms with van der Waals surface area (Å²) in [6.45, 7) is 7.38. The maximum atomic E-state index is 13.2. The minimum atomic E-state index is -0.303. The highest BCUT2D eigenvalue weighted by molar-refractivity contribution is 5.91. The summed E-state index contributed by atoms with van der Waals surface area (Å²) < 4.78 is 14.1. The van der Waals surface area contributed by atoms with Gasteiger partial charge in [-0.1, -0.05) is 45.0 Å². The number of hydrogen-bond acceptors (Lipinski definition) is 7. The van der Waals surface area contributed by atoms with E-state index >= 15 is 0 Å². The summed E-state index contributed by atoms with van der Waals surface area (Å²) in [5.41, 5.74) is 4.38. The van der Waals surface area contributed by atoms with Crippen LogP contribution in [-0.4, -0.2) is 51.2 Å². The van der Waals surface area contributed by atoms with Gasteiger partial charge in [-0.3, -0.25) is 9.30 Å². The summed E-state index contributed by atoms with van der Waals surface area (Å²) in [4.78, 5) is 19.9. The zero-order valence-electron chi connectivity index (χ0n) is 25.3. The molecule has 4 heterocycles. The molecule has 2 amide bonds. The summed E-state index contributed by atoms with van der Waals surface area (Å²) in [5, 5.41) is 15.0. The van der Waals surface area contributed by atoms with Crippen molar-refractivity contribution in [3.63, 3.8) is 0 Å². The summed E-state index contributed by atoms with van der Waals surface area (Å²) in [5.74, 6) is 2.10. The van der Waals surface area contributed by atoms with Crippen molar-refractivity contribution in [2.75, 3.05) is 26.0 Å². The summed E-state index contributed by atoms with van der Waals surface area (Å²) in [7, 11) is 3.69. The fraction of sp³-hybridized carbons (Fsp3) is 0.438. The van der Waals surface area contributed by atoms with Crippen molar-refractivity contribution in [2.24, 2.45) is 0 Å². The standard InChI is InChI=1S/C32H39N7O3.ClH/c1-32(2,3)20-17-25(30(41-5)33-18-20)35-31(40)34-24-13-14-27(23-10-7-6-9-22(23)24)42-21-12-15-28-36-37-29(39(28)19-21)26-11-8-16-38(26)4;/h6-7,9-10,12,15,17-19,24,26-27H,8,11,13-14,16H2,1-5H3,(H2,34,35,40);1H/t24-,26-,27+;/m0./s1. The molecule has 43 heavy (non-hydrogen) atoms. The predicted molar refractivity (Wildman–Crippen MR) is 168 cm³/mol. The van der Waals surface area contributed by atoms with Crippen LogP contribution in [0.2, 0.25) is 0 Å². The van der Waals surface area contributed by atoms with Gasteiger partial charge in [0.15, 0.2) is 11.5 Å². The van der Waals surface area contributed by atoms with Crippen molar-refractivity contribution in [1.29, 1.82) is 0 Å². The lowest BCUT2D eigenvalue weighted by molar-refractivity contribution is 0.171. The molecule has 6 rings (SSSR count). The molecule has 228 valence electrons. The second kappa shape index (κ2) is 12.4. The van der Waals surface area contributed by atoms with Crippen LogP contribution >= 0.6 is 12.4 Å². The highest BCUT2D eigenvalue weighted by Gasteiger charge is 2.31. The first-order chi connectivity index (χ1) is 20.2. The van der Waals surface area contributed by atoms with Gasteiger partial charge in [0.1, 0.15) is 17.5 Å². The SMILES string of the molecule is COc1ncc(C(C)(C)C)cc1NC(=O)N[C@H]1CC[C@@H](Oc2ccc3nnc([C@@H]4CCCN4C)n3c2)c2ccccc21.Cl. The molecular formula is C32H40ClN7O3. The minimum Gasteiger partial charge on any atom is -0.484 e. The molecule has 0 radical (unpaired) electrons. The lowest BCUT2D eigenvalue weighted by atomic mass is 9.85. The zero-order chi connectivity index (χ0) is 29.4. The molecule has 1 saturated heterocycles. The van der Waals surface area contributed by atoms with Crippen LogP contribution in [0.4, 0.5) is 10.5 Å². The van der Waals surface area contributed by atoms with Crippen LogP contribution < -0.4 is 20.1 Å². The molecule has 1 fully saturated rings. The zero-order valence-corrected chi connectivity index (χ0v) is 26.1. The van der Waals surface area contributed by atoms with E-state index in [1.165, 1.54) is 0 Å². The van der Waals surface area contributed by atoms with E-state index in [1.54, 1.807) is 13.3 Å². The number of likely N-dealkylation sites (tertiary alicyclic amines) is 1. The molecule has 0 bridgehead atoms. The number of pyridine rings is 2. The first kappa shape index (κ1) is 30.6. The first-order valence-corrected chi connectivity index (χ1v) is 14.6. The normalized spacial score (nSPS) is 20.3. The van der Waals surface area contributed by atoms with E-state index in [-0.39, 0.29) is 42.0 Å². The van der Waals surface area contributed by atoms with Gasteiger partial charge < -0.3 is 20.1 Å². The molecule has 2 N–H and O–H groups in total. The molecule has 3 atom stereocenters. The highest BCUT2D eigenvalue weighted by atomic mass is 35.5. The van der Waals surface area contributed by atoms with Crippen molar-refractivity contribution >= 4 is 29.8 Å². The van der Waals surface area contributed by atoms with Gasteiger partial charge in [0.25, 0.3) is 0 Å². The number of ether oxygens (including phenoxy) is 2. The molecule has 0 spiro atoms. The predicted octanol–water partition coefficient (Wildman–Crippen LogP) is 6.40. The molecule has 0 saturated carbocycles. The van der Waals surface area contributed by atoms with E-state index in [9.17, 15) is 4.79 Å². The lowest BCUT2D eigenvalue weighted by Gasteiger charge is -2.32. The number of nitrogens with one attached hydrogen (secondary N) is 2. The van der Waals surface area contributed by atoms with Crippen LogP contribution in [0.5, 0.6) is 11.6 Å². The fourth-order valence-corrected chi connectivity index (χ4v) is 6.04. The van der Waals surface area contributed by atoms with Gasteiger partial charge in [-0.25, -0.2) is 9.78 Å². The van der Waals surface area contributed by atoms with Gasteiger partial charge in [-0.2, -0.15) is 0 Å². The van der Waals surface area contributed by atoms with E-state index in [2.05, 4.69) is 75.1 Å². The van der Waals surface area contributed by atoms with Crippen molar-refractivity contribution in [2.45, 2.75) is 70.1 Å². The number of halogens is 1. The Labute approximate surface area is 258 Å². The number of urea groups is 1. The van der Waals surface area contributed by atoms with E-state index in [0.29, 0.717) is 11.6 Å². The van der Waals surface area contributed by atoms with Crippen molar-refractivity contribution in [3.8, 4) is 11.6 Å². The Morgan fingerprint density at radius 1 is 1.05 bits per heavy atom. The molecule has 4 aromatic rings. The second-order valence-corrected chi connectivity index (χ2v) is 12.3. The third-order valence-corrected chi connectivity index (χ3v) is 8.40. The van der Waals surface area contributed by atoms with Gasteiger partial charge in [0.2, 0.25) is 5.88 Å². The van der Waals surface area contributed by atoms with Crippen LogP contribution in [0.1, 0.15) is 87.2 Å². The second-order valence-electron chi connectivity index (χ2n) is 12.3. The Bertz CT molecular complexity index is 1600. The molecule has 1 aromatic carbocycles. The van der Waals surface area contributed by atoms with Gasteiger partial charge >= 0.3 is 6.03 Å². The summed E-state index contributed by atoms with van der Waals surface area (Å²) in [6, 6.07) is 13.8. The number of benzene rings is 1. The molecule has 11 heteroatoms. The van der Waals surface area contributed by atoms with E-state index in [4.69, 9.17) is 9.47 Å². The maximum Gasteiger partial charge on any atom is 0.319 e. The Balaban J connectivity index is 0.00000368. The van der Waals surface area contributed by atoms with E-state index in [1.807, 2.05) is 36.5 Å². The number of hydrogen-bond donors (Lipinski definition) is 2. The molecule has 0 unspecified atom stereocenters. The van der Waals surface area contributed by atoms with Crippen LogP contribution in [0, 0.1) is 0 Å². The molecule has 3 aromatic heterocycles. The smallest absolute Gasteiger partial charge is 0.319 e. The van der Waals surface area contributed by atoms with Crippen LogP contribution in [0.3, 0.4) is 0 Å². The van der Waals surface area contributed by atoms with Gasteiger partial charge in [0.05, 0.1) is 25.4 Å². The average molecular weight is 606 g/mol. The van der Waals surface area contributed by atoms with Crippen LogP contribution in [0.15, 0.2) is 54.9 Å².